The van der Waals surface area contributed by atoms with Crippen molar-refractivity contribution in [3.8, 4) is 10.6 Å². The Balaban J connectivity index is 1.50. The van der Waals surface area contributed by atoms with Crippen molar-refractivity contribution in [2.45, 2.75) is 20.0 Å². The lowest BCUT2D eigenvalue weighted by atomic mass is 10.2. The van der Waals surface area contributed by atoms with Crippen molar-refractivity contribution in [3.05, 3.63) is 118 Å². The lowest BCUT2D eigenvalue weighted by Gasteiger charge is -2.07. The summed E-state index contributed by atoms with van der Waals surface area (Å²) >= 11 is 0. The van der Waals surface area contributed by atoms with Gasteiger partial charge < -0.3 is 4.74 Å². The van der Waals surface area contributed by atoms with Crippen LogP contribution in [0.25, 0.3) is 25.1 Å². The molecule has 1 heterocycles. The number of hydrogen-bond donors (Lipinski definition) is 0. The van der Waals surface area contributed by atoms with Crippen LogP contribution in [0.4, 0.5) is 0 Å². The third-order valence-corrected chi connectivity index (χ3v) is 7.93. The molecule has 0 aliphatic rings. The van der Waals surface area contributed by atoms with E-state index in [-0.39, 0.29) is 15.9 Å². The highest BCUT2D eigenvalue weighted by Crippen LogP contribution is 2.43. The van der Waals surface area contributed by atoms with Crippen LogP contribution in [0.15, 0.2) is 102 Å². The number of ether oxygens (including phenoxy) is 1. The number of hydrogen-bond acceptors (Lipinski definition) is 2. The first-order chi connectivity index (χ1) is 15.2. The summed E-state index contributed by atoms with van der Waals surface area (Å²) in [6, 6.07) is 32.9. The molecule has 0 saturated carbocycles. The predicted octanol–water partition coefficient (Wildman–Crippen LogP) is 7.23. The smallest absolute Gasteiger partial charge is 0.203 e. The van der Waals surface area contributed by atoms with E-state index in [0.29, 0.717) is 6.61 Å². The number of aryl methyl sites for hydroxylation is 1. The lowest BCUT2D eigenvalue weighted by molar-refractivity contribution is 0.306. The van der Waals surface area contributed by atoms with E-state index in [0.717, 1.165) is 37.9 Å². The van der Waals surface area contributed by atoms with Gasteiger partial charge in [0.25, 0.3) is 0 Å². The monoisotopic (exact) mass is 423 g/mol. The van der Waals surface area contributed by atoms with E-state index in [1.807, 2.05) is 48.5 Å². The van der Waals surface area contributed by atoms with Crippen LogP contribution in [0.1, 0.15) is 18.1 Å². The molecule has 5 aromatic rings. The fraction of sp³-hybridized carbons (Fsp3) is 0.107. The van der Waals surface area contributed by atoms with Gasteiger partial charge in [-0.1, -0.05) is 55.5 Å². The van der Waals surface area contributed by atoms with E-state index < -0.39 is 0 Å². The van der Waals surface area contributed by atoms with Crippen molar-refractivity contribution < 1.29 is 4.74 Å². The zero-order valence-corrected chi connectivity index (χ0v) is 18.2. The molecule has 0 fully saturated rings. The van der Waals surface area contributed by atoms with Crippen molar-refractivity contribution in [2.75, 3.05) is 0 Å². The molecule has 0 spiro atoms. The first-order valence-corrected chi connectivity index (χ1v) is 11.7. The van der Waals surface area contributed by atoms with Gasteiger partial charge in [-0.25, -0.2) is 0 Å². The van der Waals surface area contributed by atoms with Crippen molar-refractivity contribution in [2.24, 2.45) is 0 Å². The molecule has 31 heavy (non-hydrogen) atoms. The molecule has 1 aromatic heterocycles. The first-order valence-electron chi connectivity index (χ1n) is 10.5. The highest BCUT2D eigenvalue weighted by Gasteiger charge is 2.22. The molecule has 0 aliphatic heterocycles. The quantitative estimate of drug-likeness (QED) is 0.220. The predicted molar refractivity (Wildman–Crippen MR) is 132 cm³/mol. The summed E-state index contributed by atoms with van der Waals surface area (Å²) in [6.45, 7) is 2.68. The Kier molecular flexibility index (Phi) is 5.27. The fourth-order valence-electron chi connectivity index (χ4n) is 3.89. The maximum absolute atomic E-state index is 13.0. The van der Waals surface area contributed by atoms with E-state index >= 15 is 0 Å². The Labute approximate surface area is 184 Å². The van der Waals surface area contributed by atoms with Crippen molar-refractivity contribution in [3.63, 3.8) is 0 Å². The van der Waals surface area contributed by atoms with Gasteiger partial charge in [-0.2, -0.15) is 0 Å². The summed E-state index contributed by atoms with van der Waals surface area (Å²) in [6.07, 6.45) is 1.03. The van der Waals surface area contributed by atoms with E-state index in [4.69, 9.17) is 4.74 Å². The molecule has 0 saturated heterocycles. The molecule has 4 aromatic carbocycles. The molecule has 3 heteroatoms. The van der Waals surface area contributed by atoms with E-state index in [9.17, 15) is 4.79 Å². The number of rotatable bonds is 5. The molecule has 0 aliphatic carbocycles. The maximum atomic E-state index is 13.0. The second-order valence-corrected chi connectivity index (χ2v) is 9.52. The van der Waals surface area contributed by atoms with Crippen LogP contribution < -0.4 is 10.2 Å². The summed E-state index contributed by atoms with van der Waals surface area (Å²) in [7, 11) is -0.292. The van der Waals surface area contributed by atoms with Crippen molar-refractivity contribution in [1.82, 2.24) is 0 Å². The molecule has 0 radical (unpaired) electrons. The van der Waals surface area contributed by atoms with Crippen LogP contribution in [-0.2, 0) is 13.0 Å². The van der Waals surface area contributed by atoms with Crippen molar-refractivity contribution in [1.29, 1.82) is 0 Å². The minimum absolute atomic E-state index is 0.120. The molecule has 0 N–H and O–H groups in total. The zero-order chi connectivity index (χ0) is 21.2. The van der Waals surface area contributed by atoms with Gasteiger partial charge in [-0.3, -0.25) is 4.79 Å². The Bertz CT molecular complexity index is 1350. The van der Waals surface area contributed by atoms with Gasteiger partial charge in [0.05, 0.1) is 10.8 Å². The molecular weight excluding hydrogens is 400 g/mol. The van der Waals surface area contributed by atoms with Gasteiger partial charge in [-0.05, 0) is 66.1 Å². The van der Waals surface area contributed by atoms with Gasteiger partial charge in [0.1, 0.15) is 12.4 Å². The minimum Gasteiger partial charge on any atom is -0.489 e. The van der Waals surface area contributed by atoms with Crippen molar-refractivity contribution >= 4 is 30.6 Å². The van der Waals surface area contributed by atoms with Crippen LogP contribution in [0.2, 0.25) is 0 Å². The maximum Gasteiger partial charge on any atom is 0.203 e. The number of fused-ring (bicyclic) bond motifs is 2. The normalized spacial score (nSPS) is 11.1. The highest BCUT2D eigenvalue weighted by molar-refractivity contribution is 7.49. The summed E-state index contributed by atoms with van der Waals surface area (Å²) < 4.78 is 8.17. The molecular formula is C28H23O2S+. The average Bonchev–Trinajstić information content (AvgIpc) is 2.84. The fourth-order valence-corrected chi connectivity index (χ4v) is 6.24. The van der Waals surface area contributed by atoms with E-state index in [2.05, 4.69) is 55.5 Å². The van der Waals surface area contributed by atoms with Crippen LogP contribution in [0.5, 0.6) is 5.75 Å². The summed E-state index contributed by atoms with van der Waals surface area (Å²) in [5.41, 5.74) is 2.56. The first kappa shape index (κ1) is 19.5. The molecule has 152 valence electrons. The zero-order valence-electron chi connectivity index (χ0n) is 17.4. The van der Waals surface area contributed by atoms with Gasteiger partial charge in [0.15, 0.2) is 14.3 Å². The van der Waals surface area contributed by atoms with Crippen LogP contribution in [0.3, 0.4) is 0 Å². The van der Waals surface area contributed by atoms with Gasteiger partial charge >= 0.3 is 0 Å². The Morgan fingerprint density at radius 1 is 0.677 bits per heavy atom. The van der Waals surface area contributed by atoms with Gasteiger partial charge in [0.2, 0.25) is 5.43 Å². The average molecular weight is 424 g/mol. The van der Waals surface area contributed by atoms with Crippen LogP contribution in [-0.4, -0.2) is 0 Å². The molecule has 0 unspecified atom stereocenters. The molecule has 0 bridgehead atoms. The third kappa shape index (κ3) is 3.73. The van der Waals surface area contributed by atoms with Gasteiger partial charge in [0, 0.05) is 10.5 Å². The minimum atomic E-state index is -0.292. The van der Waals surface area contributed by atoms with Crippen LogP contribution in [0, 0.1) is 0 Å². The Hall–Kier alpha value is -3.43. The summed E-state index contributed by atoms with van der Waals surface area (Å²) in [5.74, 6) is 0.886. The Morgan fingerprint density at radius 2 is 1.23 bits per heavy atom. The number of benzene rings is 4. The summed E-state index contributed by atoms with van der Waals surface area (Å²) in [4.78, 5) is 14.2. The lowest BCUT2D eigenvalue weighted by Crippen LogP contribution is -2.02. The molecule has 0 amide bonds. The Morgan fingerprint density at radius 3 is 1.81 bits per heavy atom. The van der Waals surface area contributed by atoms with E-state index in [1.165, 1.54) is 10.5 Å². The SMILES string of the molecule is CCc1ccc(OCc2ccc(-[s+]3c4ccccc4c(=O)c4ccccc43)cc2)cc1. The highest BCUT2D eigenvalue weighted by atomic mass is 32.2. The second-order valence-electron chi connectivity index (χ2n) is 7.56. The summed E-state index contributed by atoms with van der Waals surface area (Å²) in [5, 5.41) is 1.62. The molecule has 5 rings (SSSR count). The topological polar surface area (TPSA) is 26.3 Å². The molecule has 2 nitrogen and oxygen atoms in total. The van der Waals surface area contributed by atoms with Gasteiger partial charge in [-0.15, -0.1) is 0 Å². The second kappa shape index (κ2) is 8.37. The van der Waals surface area contributed by atoms with E-state index in [1.54, 1.807) is 0 Å². The largest absolute Gasteiger partial charge is 0.489 e. The molecule has 0 atom stereocenters. The third-order valence-electron chi connectivity index (χ3n) is 5.60. The standard InChI is InChI=1S/C28H23O2S/c1-2-20-11-15-22(16-12-20)30-19-21-13-17-23(18-14-21)31-26-9-5-3-7-24(26)28(29)25-8-4-6-10-27(25)31/h3-18H,2,19H2,1H3/q+1. The van der Waals surface area contributed by atoms with Crippen LogP contribution >= 0.6 is 10.5 Å².